The van der Waals surface area contributed by atoms with Crippen LogP contribution in [0.2, 0.25) is 0 Å². The molecule has 0 unspecified atom stereocenters. The van der Waals surface area contributed by atoms with Crippen molar-refractivity contribution < 1.29 is 32.6 Å². The number of ether oxygens (including phenoxy) is 1. The topological polar surface area (TPSA) is 76.5 Å². The van der Waals surface area contributed by atoms with Gasteiger partial charge in [-0.25, -0.2) is 14.6 Å². The summed E-state index contributed by atoms with van der Waals surface area (Å²) in [5.74, 6) is -2.53. The molecule has 0 spiro atoms. The molecule has 21 heavy (non-hydrogen) atoms. The molecular formula is C12H6F3NO4S. The maximum Gasteiger partial charge on any atom is 0.416 e. The van der Waals surface area contributed by atoms with Gasteiger partial charge in [0.2, 0.25) is 0 Å². The summed E-state index contributed by atoms with van der Waals surface area (Å²) < 4.78 is 41.9. The van der Waals surface area contributed by atoms with E-state index in [0.717, 1.165) is 41.1 Å². The summed E-state index contributed by atoms with van der Waals surface area (Å²) in [4.78, 5) is 25.8. The Hall–Kier alpha value is -2.42. The lowest BCUT2D eigenvalue weighted by Crippen LogP contribution is -2.13. The van der Waals surface area contributed by atoms with Crippen LogP contribution in [-0.2, 0) is 6.18 Å². The Morgan fingerprint density at radius 3 is 2.33 bits per heavy atom. The zero-order chi connectivity index (χ0) is 15.6. The van der Waals surface area contributed by atoms with E-state index in [-0.39, 0.29) is 10.6 Å². The standard InChI is InChI=1S/C12H6F3NO4S/c13-12(14,15)6-1-3-7(4-2-6)20-11(19)8-9(10(17)18)21-5-16-8/h1-5H,(H,17,18). The summed E-state index contributed by atoms with van der Waals surface area (Å²) in [6, 6.07) is 3.44. The number of hydrogen-bond acceptors (Lipinski definition) is 5. The average Bonchev–Trinajstić information content (AvgIpc) is 2.87. The van der Waals surface area contributed by atoms with Gasteiger partial charge in [-0.3, -0.25) is 0 Å². The first kappa shape index (κ1) is 15.0. The molecule has 1 N–H and O–H groups in total. The van der Waals surface area contributed by atoms with Gasteiger partial charge < -0.3 is 9.84 Å². The number of aromatic nitrogens is 1. The largest absolute Gasteiger partial charge is 0.477 e. The highest BCUT2D eigenvalue weighted by molar-refractivity contribution is 7.12. The Morgan fingerprint density at radius 2 is 1.81 bits per heavy atom. The number of aromatic carboxylic acids is 1. The summed E-state index contributed by atoms with van der Waals surface area (Å²) in [6.45, 7) is 0. The van der Waals surface area contributed by atoms with Gasteiger partial charge in [0, 0.05) is 0 Å². The fourth-order valence-electron chi connectivity index (χ4n) is 1.41. The Labute approximate surface area is 119 Å². The molecule has 9 heteroatoms. The third-order valence-corrected chi connectivity index (χ3v) is 3.16. The van der Waals surface area contributed by atoms with Crippen molar-refractivity contribution in [2.45, 2.75) is 6.18 Å². The molecule has 0 fully saturated rings. The first-order chi connectivity index (χ1) is 9.79. The highest BCUT2D eigenvalue weighted by atomic mass is 32.1. The number of halogens is 3. The van der Waals surface area contributed by atoms with E-state index in [1.807, 2.05) is 0 Å². The Balaban J connectivity index is 2.16. The van der Waals surface area contributed by atoms with Crippen molar-refractivity contribution in [2.75, 3.05) is 0 Å². The Morgan fingerprint density at radius 1 is 1.19 bits per heavy atom. The molecule has 0 atom stereocenters. The van der Waals surface area contributed by atoms with E-state index >= 15 is 0 Å². The molecule has 110 valence electrons. The summed E-state index contributed by atoms with van der Waals surface area (Å²) in [5, 5.41) is 8.83. The lowest BCUT2D eigenvalue weighted by Gasteiger charge is -2.07. The van der Waals surface area contributed by atoms with Crippen LogP contribution in [0.4, 0.5) is 13.2 Å². The van der Waals surface area contributed by atoms with Crippen LogP contribution >= 0.6 is 11.3 Å². The van der Waals surface area contributed by atoms with Crippen LogP contribution in [0, 0.1) is 0 Å². The van der Waals surface area contributed by atoms with Crippen molar-refractivity contribution in [1.29, 1.82) is 0 Å². The molecule has 1 aromatic carbocycles. The van der Waals surface area contributed by atoms with E-state index in [4.69, 9.17) is 9.84 Å². The first-order valence-corrected chi connectivity index (χ1v) is 6.23. The molecule has 2 aromatic rings. The molecule has 1 heterocycles. The summed E-state index contributed by atoms with van der Waals surface area (Å²) >= 11 is 0.742. The quantitative estimate of drug-likeness (QED) is 0.695. The Bertz CT molecular complexity index is 679. The fraction of sp³-hybridized carbons (Fsp3) is 0.0833. The van der Waals surface area contributed by atoms with Gasteiger partial charge in [0.1, 0.15) is 10.6 Å². The van der Waals surface area contributed by atoms with E-state index in [9.17, 15) is 22.8 Å². The summed E-state index contributed by atoms with van der Waals surface area (Å²) in [7, 11) is 0. The molecule has 0 aliphatic carbocycles. The van der Waals surface area contributed by atoms with Crippen LogP contribution in [0.3, 0.4) is 0 Å². The normalized spacial score (nSPS) is 11.2. The van der Waals surface area contributed by atoms with Crippen LogP contribution < -0.4 is 4.74 Å². The van der Waals surface area contributed by atoms with Gasteiger partial charge in [0.15, 0.2) is 5.69 Å². The third-order valence-electron chi connectivity index (χ3n) is 2.35. The maximum absolute atomic E-state index is 12.4. The zero-order valence-electron chi connectivity index (χ0n) is 10.0. The fourth-order valence-corrected chi connectivity index (χ4v) is 2.02. The predicted octanol–water partition coefficient (Wildman–Crippen LogP) is 3.08. The lowest BCUT2D eigenvalue weighted by molar-refractivity contribution is -0.137. The molecule has 5 nitrogen and oxygen atoms in total. The number of rotatable bonds is 3. The molecule has 0 bridgehead atoms. The van der Waals surface area contributed by atoms with Crippen LogP contribution in [0.15, 0.2) is 29.8 Å². The summed E-state index contributed by atoms with van der Waals surface area (Å²) in [5.41, 5.74) is -0.123. The molecule has 0 amide bonds. The minimum absolute atomic E-state index is 0.141. The number of thiazole rings is 1. The number of alkyl halides is 3. The average molecular weight is 317 g/mol. The SMILES string of the molecule is O=C(Oc1ccc(C(F)(F)F)cc1)c1ncsc1C(=O)O. The smallest absolute Gasteiger partial charge is 0.416 e. The van der Waals surface area contributed by atoms with Gasteiger partial charge in [-0.1, -0.05) is 0 Å². The van der Waals surface area contributed by atoms with E-state index in [1.165, 1.54) is 0 Å². The number of carbonyl (C=O) groups excluding carboxylic acids is 1. The van der Waals surface area contributed by atoms with Gasteiger partial charge in [0.25, 0.3) is 0 Å². The minimum Gasteiger partial charge on any atom is -0.477 e. The number of carboxylic acids is 1. The second kappa shape index (κ2) is 5.52. The number of hydrogen-bond donors (Lipinski definition) is 1. The van der Waals surface area contributed by atoms with Crippen molar-refractivity contribution in [3.05, 3.63) is 45.9 Å². The summed E-state index contributed by atoms with van der Waals surface area (Å²) in [6.07, 6.45) is -4.49. The second-order valence-electron chi connectivity index (χ2n) is 3.75. The van der Waals surface area contributed by atoms with Crippen molar-refractivity contribution in [1.82, 2.24) is 4.98 Å². The zero-order valence-corrected chi connectivity index (χ0v) is 10.9. The van der Waals surface area contributed by atoms with Crippen LogP contribution in [-0.4, -0.2) is 22.0 Å². The number of carboxylic acid groups (broad SMARTS) is 1. The highest BCUT2D eigenvalue weighted by Gasteiger charge is 2.30. The van der Waals surface area contributed by atoms with Crippen LogP contribution in [0.1, 0.15) is 25.7 Å². The van der Waals surface area contributed by atoms with Gasteiger partial charge >= 0.3 is 18.1 Å². The van der Waals surface area contributed by atoms with E-state index in [1.54, 1.807) is 0 Å². The number of nitrogens with zero attached hydrogens (tertiary/aromatic N) is 1. The number of carbonyl (C=O) groups is 2. The Kier molecular flexibility index (Phi) is 3.94. The van der Waals surface area contributed by atoms with Gasteiger partial charge in [-0.2, -0.15) is 13.2 Å². The number of esters is 1. The molecule has 0 aliphatic rings. The van der Waals surface area contributed by atoms with Gasteiger partial charge in [-0.05, 0) is 24.3 Å². The monoisotopic (exact) mass is 317 g/mol. The van der Waals surface area contributed by atoms with Crippen molar-refractivity contribution in [2.24, 2.45) is 0 Å². The van der Waals surface area contributed by atoms with Crippen LogP contribution in [0.25, 0.3) is 0 Å². The number of benzene rings is 1. The van der Waals surface area contributed by atoms with Crippen molar-refractivity contribution in [3.8, 4) is 5.75 Å². The molecule has 0 radical (unpaired) electrons. The first-order valence-electron chi connectivity index (χ1n) is 5.35. The van der Waals surface area contributed by atoms with Crippen molar-refractivity contribution >= 4 is 23.3 Å². The highest BCUT2D eigenvalue weighted by Crippen LogP contribution is 2.30. The molecule has 1 aromatic heterocycles. The molecule has 0 saturated heterocycles. The predicted molar refractivity (Wildman–Crippen MR) is 65.5 cm³/mol. The molecular weight excluding hydrogens is 311 g/mol. The van der Waals surface area contributed by atoms with E-state index in [2.05, 4.69) is 4.98 Å². The molecule has 0 saturated carbocycles. The van der Waals surface area contributed by atoms with E-state index < -0.39 is 29.4 Å². The minimum atomic E-state index is -4.49. The maximum atomic E-state index is 12.4. The third kappa shape index (κ3) is 3.37. The van der Waals surface area contributed by atoms with Crippen molar-refractivity contribution in [3.63, 3.8) is 0 Å². The van der Waals surface area contributed by atoms with Crippen LogP contribution in [0.5, 0.6) is 5.75 Å². The lowest BCUT2D eigenvalue weighted by atomic mass is 10.2. The second-order valence-corrected chi connectivity index (χ2v) is 4.60. The van der Waals surface area contributed by atoms with Gasteiger partial charge in [0.05, 0.1) is 11.1 Å². The van der Waals surface area contributed by atoms with E-state index in [0.29, 0.717) is 0 Å². The molecule has 0 aliphatic heterocycles. The molecule has 2 rings (SSSR count). The van der Waals surface area contributed by atoms with Gasteiger partial charge in [-0.15, -0.1) is 11.3 Å².